The Hall–Kier alpha value is -2.32. The van der Waals surface area contributed by atoms with Gasteiger partial charge in [0.15, 0.2) is 5.43 Å². The number of aromatic nitrogens is 1. The molecule has 8 heteroatoms. The standard InChI is InChI=1S/C28H41BN2O5/c1-17(2)31-22-16-19(29-35-27(7,8)28(9,10)36-29)13-14-20(22)24(32)18(3)23(31)21-12-11-15-30(21)25(33)34-26(4,5)6/h13-14,16-17,21H,11-12,15H2,1-10H3. The molecule has 3 heterocycles. The number of carbonyl (C=O) groups is 1. The second-order valence-corrected chi connectivity index (χ2v) is 12.5. The second-order valence-electron chi connectivity index (χ2n) is 12.5. The molecule has 2 aliphatic heterocycles. The maximum atomic E-state index is 13.6. The van der Waals surface area contributed by atoms with Gasteiger partial charge in [0.2, 0.25) is 0 Å². The van der Waals surface area contributed by atoms with Crippen molar-refractivity contribution in [2.45, 2.75) is 111 Å². The molecular formula is C28H41BN2O5. The highest BCUT2D eigenvalue weighted by atomic mass is 16.7. The molecular weight excluding hydrogens is 455 g/mol. The summed E-state index contributed by atoms with van der Waals surface area (Å²) in [5, 5.41) is 0.659. The molecule has 1 aromatic heterocycles. The van der Waals surface area contributed by atoms with E-state index in [0.717, 1.165) is 29.5 Å². The molecule has 0 aliphatic carbocycles. The van der Waals surface area contributed by atoms with Crippen molar-refractivity contribution in [2.75, 3.05) is 6.54 Å². The third-order valence-corrected chi connectivity index (χ3v) is 7.75. The number of hydrogen-bond acceptors (Lipinski definition) is 5. The minimum absolute atomic E-state index is 0.00610. The molecule has 1 aromatic carbocycles. The van der Waals surface area contributed by atoms with Gasteiger partial charge in [-0.05, 0) is 99.7 Å². The molecule has 0 radical (unpaired) electrons. The van der Waals surface area contributed by atoms with Crippen LogP contribution in [0.25, 0.3) is 10.9 Å². The predicted molar refractivity (Wildman–Crippen MR) is 144 cm³/mol. The first-order valence-corrected chi connectivity index (χ1v) is 13.1. The molecule has 2 aromatic rings. The van der Waals surface area contributed by atoms with Gasteiger partial charge in [-0.25, -0.2) is 4.79 Å². The zero-order valence-electron chi connectivity index (χ0n) is 23.5. The van der Waals surface area contributed by atoms with Crippen molar-refractivity contribution in [3.8, 4) is 0 Å². The summed E-state index contributed by atoms with van der Waals surface area (Å²) in [6, 6.07) is 5.68. The fraction of sp³-hybridized carbons (Fsp3) is 0.643. The Morgan fingerprint density at radius 2 is 1.75 bits per heavy atom. The molecule has 1 atom stereocenters. The van der Waals surface area contributed by atoms with Crippen LogP contribution in [0.2, 0.25) is 0 Å². The fourth-order valence-electron chi connectivity index (χ4n) is 5.25. The first-order chi connectivity index (χ1) is 16.5. The van der Waals surface area contributed by atoms with E-state index in [9.17, 15) is 9.59 Å². The van der Waals surface area contributed by atoms with Gasteiger partial charge in [-0.3, -0.25) is 9.69 Å². The van der Waals surface area contributed by atoms with Crippen LogP contribution >= 0.6 is 0 Å². The summed E-state index contributed by atoms with van der Waals surface area (Å²) >= 11 is 0. The van der Waals surface area contributed by atoms with Crippen molar-refractivity contribution in [3.63, 3.8) is 0 Å². The molecule has 2 fully saturated rings. The number of ether oxygens (including phenoxy) is 1. The van der Waals surface area contributed by atoms with Gasteiger partial charge in [0.05, 0.1) is 22.8 Å². The summed E-state index contributed by atoms with van der Waals surface area (Å²) in [7, 11) is -0.524. The molecule has 2 saturated heterocycles. The van der Waals surface area contributed by atoms with Crippen molar-refractivity contribution >= 4 is 29.6 Å². The van der Waals surface area contributed by atoms with Crippen LogP contribution in [0.3, 0.4) is 0 Å². The van der Waals surface area contributed by atoms with E-state index in [2.05, 4.69) is 18.4 Å². The molecule has 2 aliphatic rings. The highest BCUT2D eigenvalue weighted by Gasteiger charge is 2.51. The van der Waals surface area contributed by atoms with E-state index in [-0.39, 0.29) is 23.6 Å². The first kappa shape index (κ1) is 26.7. The summed E-state index contributed by atoms with van der Waals surface area (Å²) in [5.74, 6) is 0. The van der Waals surface area contributed by atoms with Crippen molar-refractivity contribution < 1.29 is 18.8 Å². The van der Waals surface area contributed by atoms with Crippen molar-refractivity contribution in [2.24, 2.45) is 0 Å². The van der Waals surface area contributed by atoms with E-state index in [1.54, 1.807) is 4.90 Å². The smallest absolute Gasteiger partial charge is 0.444 e. The summed E-state index contributed by atoms with van der Waals surface area (Å²) < 4.78 is 20.5. The average molecular weight is 496 g/mol. The lowest BCUT2D eigenvalue weighted by Gasteiger charge is -2.32. The van der Waals surface area contributed by atoms with Gasteiger partial charge in [0.1, 0.15) is 5.60 Å². The third-order valence-electron chi connectivity index (χ3n) is 7.75. The minimum Gasteiger partial charge on any atom is -0.444 e. The molecule has 4 rings (SSSR count). The first-order valence-electron chi connectivity index (χ1n) is 13.1. The molecule has 1 amide bonds. The molecule has 0 spiro atoms. The van der Waals surface area contributed by atoms with Crippen LogP contribution in [-0.2, 0) is 14.0 Å². The molecule has 196 valence electrons. The number of carbonyl (C=O) groups excluding carboxylic acids is 1. The SMILES string of the molecule is Cc1c(C2CCCN2C(=O)OC(C)(C)C)n(C(C)C)c2cc(B3OC(C)(C)C(C)(C)O3)ccc2c1=O. The predicted octanol–water partition coefficient (Wildman–Crippen LogP) is 5.26. The summed E-state index contributed by atoms with van der Waals surface area (Å²) in [6.07, 6.45) is 1.31. The Morgan fingerprint density at radius 1 is 1.14 bits per heavy atom. The molecule has 0 bridgehead atoms. The summed E-state index contributed by atoms with van der Waals surface area (Å²) in [6.45, 7) is 20.5. The minimum atomic E-state index is -0.585. The summed E-state index contributed by atoms with van der Waals surface area (Å²) in [4.78, 5) is 28.5. The lowest BCUT2D eigenvalue weighted by atomic mass is 9.78. The zero-order chi connectivity index (χ0) is 26.8. The van der Waals surface area contributed by atoms with Gasteiger partial charge in [-0.2, -0.15) is 0 Å². The van der Waals surface area contributed by atoms with Gasteiger partial charge >= 0.3 is 13.2 Å². The normalized spacial score (nSPS) is 21.6. The Balaban J connectivity index is 1.87. The Kier molecular flexibility index (Phi) is 6.62. The number of amides is 1. The molecule has 0 saturated carbocycles. The highest BCUT2D eigenvalue weighted by molar-refractivity contribution is 6.62. The van der Waals surface area contributed by atoms with Gasteiger partial charge < -0.3 is 18.6 Å². The number of benzene rings is 1. The van der Waals surface area contributed by atoms with Gasteiger partial charge in [0.25, 0.3) is 0 Å². The zero-order valence-corrected chi connectivity index (χ0v) is 23.5. The van der Waals surface area contributed by atoms with Crippen molar-refractivity contribution in [1.29, 1.82) is 0 Å². The van der Waals surface area contributed by atoms with Crippen LogP contribution < -0.4 is 10.9 Å². The third kappa shape index (κ3) is 4.58. The van der Waals surface area contributed by atoms with Crippen molar-refractivity contribution in [3.05, 3.63) is 39.7 Å². The number of pyridine rings is 1. The Labute approximate surface area is 215 Å². The van der Waals surface area contributed by atoms with Crippen LogP contribution in [0.4, 0.5) is 4.79 Å². The lowest BCUT2D eigenvalue weighted by Crippen LogP contribution is -2.41. The second kappa shape index (κ2) is 8.91. The average Bonchev–Trinajstić information content (AvgIpc) is 3.30. The number of hydrogen-bond donors (Lipinski definition) is 0. The van der Waals surface area contributed by atoms with E-state index < -0.39 is 23.9 Å². The number of likely N-dealkylation sites (tertiary alicyclic amines) is 1. The number of rotatable bonds is 3. The van der Waals surface area contributed by atoms with Crippen LogP contribution in [0.15, 0.2) is 23.0 Å². The topological polar surface area (TPSA) is 70.0 Å². The van der Waals surface area contributed by atoms with Crippen LogP contribution in [0.5, 0.6) is 0 Å². The van der Waals surface area contributed by atoms with Crippen LogP contribution in [0.1, 0.15) is 98.5 Å². The molecule has 0 N–H and O–H groups in total. The van der Waals surface area contributed by atoms with Gasteiger partial charge in [-0.1, -0.05) is 6.07 Å². The Bertz CT molecular complexity index is 1230. The maximum Gasteiger partial charge on any atom is 0.494 e. The number of nitrogens with zero attached hydrogens (tertiary/aromatic N) is 2. The van der Waals surface area contributed by atoms with Crippen molar-refractivity contribution in [1.82, 2.24) is 9.47 Å². The Morgan fingerprint density at radius 3 is 2.31 bits per heavy atom. The van der Waals surface area contributed by atoms with Crippen LogP contribution in [0, 0.1) is 6.92 Å². The molecule has 36 heavy (non-hydrogen) atoms. The van der Waals surface area contributed by atoms with E-state index in [1.165, 1.54) is 0 Å². The summed E-state index contributed by atoms with van der Waals surface area (Å²) in [5.41, 5.74) is 1.77. The monoisotopic (exact) mass is 496 g/mol. The molecule has 1 unspecified atom stereocenters. The van der Waals surface area contributed by atoms with E-state index in [0.29, 0.717) is 17.5 Å². The van der Waals surface area contributed by atoms with Gasteiger partial charge in [0, 0.05) is 29.2 Å². The largest absolute Gasteiger partial charge is 0.494 e. The van der Waals surface area contributed by atoms with E-state index in [1.807, 2.05) is 73.6 Å². The fourth-order valence-corrected chi connectivity index (χ4v) is 5.25. The molecule has 7 nitrogen and oxygen atoms in total. The van der Waals surface area contributed by atoms with E-state index in [4.69, 9.17) is 14.0 Å². The van der Waals surface area contributed by atoms with E-state index >= 15 is 0 Å². The highest BCUT2D eigenvalue weighted by Crippen LogP contribution is 2.38. The number of fused-ring (bicyclic) bond motifs is 1. The maximum absolute atomic E-state index is 13.6. The van der Waals surface area contributed by atoms with Gasteiger partial charge in [-0.15, -0.1) is 0 Å². The quantitative estimate of drug-likeness (QED) is 0.542. The lowest BCUT2D eigenvalue weighted by molar-refractivity contribution is 0.00578. The van der Waals surface area contributed by atoms with Crippen LogP contribution in [-0.4, -0.2) is 46.0 Å².